The van der Waals surface area contributed by atoms with Gasteiger partial charge in [0.25, 0.3) is 0 Å². The third-order valence-electron chi connectivity index (χ3n) is 28.4. The molecule has 4 aliphatic rings. The van der Waals surface area contributed by atoms with Gasteiger partial charge in [0, 0.05) is 84.4 Å². The molecule has 26 aromatic rings. The number of nitrogens with zero attached hydrogens (tertiary/aromatic N) is 1. The fourth-order valence-electron chi connectivity index (χ4n) is 23.2. The minimum absolute atomic E-state index is 0.332. The molecule has 0 fully saturated rings. The Hall–Kier alpha value is -15.5. The van der Waals surface area contributed by atoms with Gasteiger partial charge >= 0.3 is 0 Å². The van der Waals surface area contributed by atoms with Gasteiger partial charge in [0.2, 0.25) is 0 Å². The van der Waals surface area contributed by atoms with E-state index < -0.39 is 5.41 Å². The highest BCUT2D eigenvalue weighted by Gasteiger charge is 2.53. The number of rotatable bonds is 5. The normalized spacial score (nSPS) is 13.3. The Balaban J connectivity index is 0.000000109. The van der Waals surface area contributed by atoms with E-state index >= 15 is 0 Å². The van der Waals surface area contributed by atoms with Crippen molar-refractivity contribution in [3.05, 3.63) is 474 Å². The van der Waals surface area contributed by atoms with Crippen molar-refractivity contribution in [1.29, 1.82) is 0 Å². The molecule has 0 unspecified atom stereocenters. The van der Waals surface area contributed by atoms with Crippen molar-refractivity contribution in [1.82, 2.24) is 0 Å². The molecule has 600 valence electrons. The van der Waals surface area contributed by atoms with Crippen LogP contribution < -0.4 is 10.2 Å². The van der Waals surface area contributed by atoms with Gasteiger partial charge in [0.1, 0.15) is 22.3 Å². The second-order valence-corrected chi connectivity index (χ2v) is 37.7. The maximum Gasteiger partial charge on any atom is 0.135 e. The summed E-state index contributed by atoms with van der Waals surface area (Å²) in [5, 5.41) is 29.2. The molecule has 0 saturated heterocycles. The summed E-state index contributed by atoms with van der Waals surface area (Å²) >= 11 is 7.49. The highest BCUT2D eigenvalue weighted by atomic mass is 79.9. The van der Waals surface area contributed by atoms with Crippen LogP contribution in [0.3, 0.4) is 0 Å². The number of fused-ring (bicyclic) bond motifs is 44. The van der Waals surface area contributed by atoms with Crippen LogP contribution >= 0.6 is 38.6 Å². The molecule has 1 N–H and O–H groups in total. The SMILES string of the molecule is Brc1cccc2c1sc1cc3c4ccccc4c4ccccc4c3cc12.c1ccc2c(c1)-c1ccccc1C21c2ccccc2-c2ccc(N(c3ccc4oc5ccccc5c4c3)c3cccc4c3sc3cc5c6ccccc6c6ccccc6c5cc34)cc21.c1ccc2c(c1)-c1ccccc1C21c2ccccc2-c2ccc(Nc3ccc4oc5ccccc5c4c3)cc21. The second kappa shape index (κ2) is 27.8. The van der Waals surface area contributed by atoms with E-state index in [1.165, 1.54) is 198 Å². The molecular formula is C122H71BrN2O2S2. The fraction of sp³-hybridized carbons (Fsp3) is 0.0164. The smallest absolute Gasteiger partial charge is 0.135 e. The molecule has 22 aromatic carbocycles. The number of hydrogen-bond donors (Lipinski definition) is 1. The molecule has 0 radical (unpaired) electrons. The van der Waals surface area contributed by atoms with Gasteiger partial charge in [-0.05, 0) is 279 Å². The van der Waals surface area contributed by atoms with Gasteiger partial charge in [0.15, 0.2) is 0 Å². The maximum absolute atomic E-state index is 6.42. The summed E-state index contributed by atoms with van der Waals surface area (Å²) in [5.74, 6) is 0. The largest absolute Gasteiger partial charge is 0.456 e. The van der Waals surface area contributed by atoms with Crippen LogP contribution in [0.5, 0.6) is 0 Å². The van der Waals surface area contributed by atoms with Gasteiger partial charge < -0.3 is 19.1 Å². The molecule has 4 aromatic heterocycles. The predicted octanol–water partition coefficient (Wildman–Crippen LogP) is 35.2. The van der Waals surface area contributed by atoms with E-state index in [1.807, 2.05) is 40.9 Å². The first-order valence-corrected chi connectivity index (χ1v) is 46.6. The lowest BCUT2D eigenvalue weighted by molar-refractivity contribution is 0.668. The Kier molecular flexibility index (Phi) is 15.7. The molecule has 0 bridgehead atoms. The summed E-state index contributed by atoms with van der Waals surface area (Å²) in [6, 6.07) is 156. The number of benzene rings is 22. The molecule has 4 heterocycles. The first-order valence-electron chi connectivity index (χ1n) is 44.2. The number of para-hydroxylation sites is 2. The monoisotopic (exact) mass is 1740 g/mol. The Morgan fingerprint density at radius 2 is 0.519 bits per heavy atom. The zero-order chi connectivity index (χ0) is 84.5. The molecule has 4 nitrogen and oxygen atoms in total. The summed E-state index contributed by atoms with van der Waals surface area (Å²) in [4.78, 5) is 2.51. The van der Waals surface area contributed by atoms with Crippen molar-refractivity contribution in [2.75, 3.05) is 10.2 Å². The average Bonchev–Trinajstić information content (AvgIpc) is 1.51. The van der Waals surface area contributed by atoms with E-state index in [0.717, 1.165) is 72.3 Å². The van der Waals surface area contributed by atoms with E-state index in [2.05, 4.69) is 433 Å². The third-order valence-corrected chi connectivity index (χ3v) is 31.7. The molecule has 0 atom stereocenters. The van der Waals surface area contributed by atoms with Crippen LogP contribution in [0.4, 0.5) is 28.4 Å². The zero-order valence-corrected chi connectivity index (χ0v) is 72.6. The standard InChI is InChI=1S/C61H35NOS.C37H23NO.C24H13BrS/c1-3-16-40-38(14-1)39-15-2-4-17-41(39)49-35-59-51(34-48(40)49)47-22-13-26-56(60(47)64-59)62(36-29-31-58-50(32-36)46-21-8-12-27-57(46)63-58)37-28-30-45-44-20-7-11-25-54(44)61(55(45)33-37)52-23-9-5-18-42(52)43-19-6-10-24-53(43)61;1-5-13-31-25(9-1)26-10-2-6-14-32(26)37(31)33-15-7-3-11-27(33)28-19-17-24(22-34(28)37)38-23-18-20-36-30(21-23)29-12-4-8-16-35(29)39-36;25-22-11-5-10-18-21-12-19-16-8-3-1-6-14(16)15-7-2-4-9-17(15)20(19)13-23(21)26-24(18)22/h1-35H;1-22,38H;1-13H. The lowest BCUT2D eigenvalue weighted by atomic mass is 9.70. The van der Waals surface area contributed by atoms with Crippen molar-refractivity contribution < 1.29 is 8.83 Å². The summed E-state index contributed by atoms with van der Waals surface area (Å²) in [7, 11) is 0. The van der Waals surface area contributed by atoms with Crippen molar-refractivity contribution >= 4 is 216 Å². The summed E-state index contributed by atoms with van der Waals surface area (Å²) < 4.78 is 18.9. The van der Waals surface area contributed by atoms with Crippen LogP contribution in [0.25, 0.3) is 193 Å². The van der Waals surface area contributed by atoms with Crippen LogP contribution in [0.1, 0.15) is 44.5 Å². The number of anilines is 5. The summed E-state index contributed by atoms with van der Waals surface area (Å²) in [5.41, 5.74) is 29.5. The highest BCUT2D eigenvalue weighted by molar-refractivity contribution is 9.10. The number of nitrogens with one attached hydrogen (secondary N) is 1. The molecule has 2 spiro atoms. The fourth-order valence-corrected chi connectivity index (χ4v) is 26.1. The number of thiophene rings is 2. The Morgan fingerprint density at radius 1 is 0.209 bits per heavy atom. The van der Waals surface area contributed by atoms with Gasteiger partial charge in [-0.1, -0.05) is 315 Å². The van der Waals surface area contributed by atoms with Crippen LogP contribution in [0.2, 0.25) is 0 Å². The summed E-state index contributed by atoms with van der Waals surface area (Å²) in [6.45, 7) is 0. The van der Waals surface area contributed by atoms with Crippen LogP contribution in [0, 0.1) is 0 Å². The molecule has 7 heteroatoms. The second-order valence-electron chi connectivity index (χ2n) is 34.8. The Labute approximate surface area is 757 Å². The number of furan rings is 2. The number of halogens is 1. The van der Waals surface area contributed by atoms with Crippen molar-refractivity contribution in [2.45, 2.75) is 10.8 Å². The predicted molar refractivity (Wildman–Crippen MR) is 549 cm³/mol. The number of hydrogen-bond acceptors (Lipinski definition) is 6. The van der Waals surface area contributed by atoms with Gasteiger partial charge in [-0.25, -0.2) is 0 Å². The molecule has 0 saturated carbocycles. The van der Waals surface area contributed by atoms with Gasteiger partial charge in [0.05, 0.1) is 21.2 Å². The van der Waals surface area contributed by atoms with Crippen LogP contribution in [-0.4, -0.2) is 0 Å². The Bertz CT molecular complexity index is 9260. The van der Waals surface area contributed by atoms with E-state index in [4.69, 9.17) is 8.83 Å². The van der Waals surface area contributed by atoms with E-state index in [-0.39, 0.29) is 5.41 Å². The molecule has 30 rings (SSSR count). The van der Waals surface area contributed by atoms with Gasteiger partial charge in [-0.15, -0.1) is 22.7 Å². The van der Waals surface area contributed by atoms with Crippen molar-refractivity contribution in [3.8, 4) is 44.5 Å². The van der Waals surface area contributed by atoms with Crippen LogP contribution in [-0.2, 0) is 10.8 Å². The zero-order valence-electron chi connectivity index (χ0n) is 69.4. The quantitative estimate of drug-likeness (QED) is 0.174. The van der Waals surface area contributed by atoms with E-state index in [1.54, 1.807) is 0 Å². The minimum atomic E-state index is -0.458. The molecule has 129 heavy (non-hydrogen) atoms. The molecule has 0 amide bonds. The van der Waals surface area contributed by atoms with Gasteiger partial charge in [-0.3, -0.25) is 0 Å². The first-order chi connectivity index (χ1) is 63.9. The third kappa shape index (κ3) is 10.3. The molecular weight excluding hydrogens is 1670 g/mol. The van der Waals surface area contributed by atoms with Gasteiger partial charge in [-0.2, -0.15) is 0 Å². The lowest BCUT2D eigenvalue weighted by Crippen LogP contribution is -2.26. The first kappa shape index (κ1) is 72.8. The lowest BCUT2D eigenvalue weighted by Gasteiger charge is -2.32. The summed E-state index contributed by atoms with van der Waals surface area (Å²) in [6.07, 6.45) is 0. The minimum Gasteiger partial charge on any atom is -0.456 e. The average molecular weight is 1740 g/mol. The van der Waals surface area contributed by atoms with Crippen LogP contribution in [0.15, 0.2) is 438 Å². The van der Waals surface area contributed by atoms with Crippen molar-refractivity contribution in [2.24, 2.45) is 0 Å². The van der Waals surface area contributed by atoms with E-state index in [9.17, 15) is 0 Å². The van der Waals surface area contributed by atoms with Crippen molar-refractivity contribution in [3.63, 3.8) is 0 Å². The van der Waals surface area contributed by atoms with E-state index in [0.29, 0.717) is 0 Å². The topological polar surface area (TPSA) is 41.6 Å². The molecule has 4 aliphatic carbocycles. The molecule has 0 aliphatic heterocycles. The Morgan fingerprint density at radius 3 is 0.984 bits per heavy atom. The maximum atomic E-state index is 6.42. The highest BCUT2D eigenvalue weighted by Crippen LogP contribution is 2.66.